The third-order valence-electron chi connectivity index (χ3n) is 5.84. The number of nitrogens with one attached hydrogen (secondary N) is 2. The Hall–Kier alpha value is -3.13. The molecule has 150 valence electrons. The van der Waals surface area contributed by atoms with Crippen LogP contribution < -0.4 is 10.6 Å². The van der Waals surface area contributed by atoms with Gasteiger partial charge in [0.1, 0.15) is 11.2 Å². The number of anilines is 2. The Balaban J connectivity index is 1.49. The zero-order chi connectivity index (χ0) is 20.0. The molecule has 0 saturated heterocycles. The molecule has 29 heavy (non-hydrogen) atoms. The van der Waals surface area contributed by atoms with E-state index in [0.29, 0.717) is 5.95 Å². The van der Waals surface area contributed by atoms with Gasteiger partial charge in [-0.1, -0.05) is 0 Å². The highest BCUT2D eigenvalue weighted by Gasteiger charge is 2.29. The number of hydrogen-bond acceptors (Lipinski definition) is 6. The van der Waals surface area contributed by atoms with E-state index in [1.165, 1.54) is 0 Å². The number of fused-ring (bicyclic) bond motifs is 2. The molecule has 5 rings (SSSR count). The zero-order valence-corrected chi connectivity index (χ0v) is 16.6. The zero-order valence-electron chi connectivity index (χ0n) is 16.6. The molecule has 0 radical (unpaired) electrons. The van der Waals surface area contributed by atoms with Crippen molar-refractivity contribution in [2.24, 2.45) is 0 Å². The van der Waals surface area contributed by atoms with Gasteiger partial charge in [0.15, 0.2) is 5.82 Å². The molecule has 8 heteroatoms. The minimum Gasteiger partial charge on any atom is -0.390 e. The van der Waals surface area contributed by atoms with Crippen molar-refractivity contribution >= 4 is 22.9 Å². The van der Waals surface area contributed by atoms with Gasteiger partial charge < -0.3 is 20.1 Å². The van der Waals surface area contributed by atoms with Gasteiger partial charge in [-0.25, -0.2) is 9.50 Å². The Morgan fingerprint density at radius 3 is 2.79 bits per heavy atom. The standard InChI is InChI=1S/C21H25N7O/c1-21(29)8-5-15(6-9-21)24-20-25-19(22-2)18-16(7-11-28(18)26-20)14-3-4-17-23-10-12-27(17)13-14/h3-4,7,10-13,15,29H,5-6,8-9H2,1-2H3,(H2,22,24,25,26). The van der Waals surface area contributed by atoms with Crippen molar-refractivity contribution in [1.82, 2.24) is 24.0 Å². The quantitative estimate of drug-likeness (QED) is 0.495. The lowest BCUT2D eigenvalue weighted by atomic mass is 9.84. The summed E-state index contributed by atoms with van der Waals surface area (Å²) in [5.74, 6) is 1.37. The fourth-order valence-electron chi connectivity index (χ4n) is 4.14. The largest absolute Gasteiger partial charge is 0.390 e. The molecular formula is C21H25N7O. The molecule has 3 N–H and O–H groups in total. The number of pyridine rings is 1. The summed E-state index contributed by atoms with van der Waals surface area (Å²) in [7, 11) is 1.87. The normalized spacial score (nSPS) is 22.2. The number of hydrogen-bond donors (Lipinski definition) is 3. The van der Waals surface area contributed by atoms with Gasteiger partial charge >= 0.3 is 0 Å². The molecule has 1 fully saturated rings. The molecule has 0 unspecified atom stereocenters. The van der Waals surface area contributed by atoms with E-state index in [9.17, 15) is 5.11 Å². The van der Waals surface area contributed by atoms with Crippen LogP contribution in [0.4, 0.5) is 11.8 Å². The van der Waals surface area contributed by atoms with Gasteiger partial charge in [0.25, 0.3) is 0 Å². The van der Waals surface area contributed by atoms with Crippen molar-refractivity contribution in [2.45, 2.75) is 44.2 Å². The first-order valence-electron chi connectivity index (χ1n) is 10.0. The minimum absolute atomic E-state index is 0.274. The molecule has 0 amide bonds. The van der Waals surface area contributed by atoms with Crippen LogP contribution in [0.3, 0.4) is 0 Å². The van der Waals surface area contributed by atoms with Crippen LogP contribution in [0, 0.1) is 0 Å². The fourth-order valence-corrected chi connectivity index (χ4v) is 4.14. The van der Waals surface area contributed by atoms with Gasteiger partial charge in [-0.15, -0.1) is 5.10 Å². The summed E-state index contributed by atoms with van der Waals surface area (Å²) in [4.78, 5) is 9.03. The number of aromatic nitrogens is 5. The van der Waals surface area contributed by atoms with Crippen LogP contribution in [-0.2, 0) is 0 Å². The highest BCUT2D eigenvalue weighted by molar-refractivity contribution is 5.88. The van der Waals surface area contributed by atoms with Crippen LogP contribution in [0.15, 0.2) is 43.0 Å². The van der Waals surface area contributed by atoms with Gasteiger partial charge in [0.05, 0.1) is 5.60 Å². The topological polar surface area (TPSA) is 91.8 Å². The van der Waals surface area contributed by atoms with E-state index in [0.717, 1.165) is 53.8 Å². The first kappa shape index (κ1) is 17.9. The van der Waals surface area contributed by atoms with E-state index in [-0.39, 0.29) is 6.04 Å². The fraction of sp³-hybridized carbons (Fsp3) is 0.381. The Labute approximate surface area is 168 Å². The molecule has 1 aliphatic carbocycles. The first-order chi connectivity index (χ1) is 14.0. The molecule has 0 atom stereocenters. The highest BCUT2D eigenvalue weighted by atomic mass is 16.3. The number of rotatable bonds is 4. The average molecular weight is 391 g/mol. The minimum atomic E-state index is -0.551. The van der Waals surface area contributed by atoms with Crippen LogP contribution in [0.2, 0.25) is 0 Å². The predicted octanol–water partition coefficient (Wildman–Crippen LogP) is 3.19. The van der Waals surface area contributed by atoms with E-state index in [1.54, 1.807) is 6.20 Å². The summed E-state index contributed by atoms with van der Waals surface area (Å²) in [5, 5.41) is 21.5. The van der Waals surface area contributed by atoms with Gasteiger partial charge in [0.2, 0.25) is 5.95 Å². The van der Waals surface area contributed by atoms with Gasteiger partial charge in [-0.3, -0.25) is 0 Å². The Morgan fingerprint density at radius 1 is 1.17 bits per heavy atom. The van der Waals surface area contributed by atoms with Crippen LogP contribution in [0.5, 0.6) is 0 Å². The van der Waals surface area contributed by atoms with Gasteiger partial charge in [0, 0.05) is 49.0 Å². The SMILES string of the molecule is CNc1nc(NC2CCC(C)(O)CC2)nn2ccc(-c3ccc4nccn4c3)c12. The molecule has 4 aromatic rings. The summed E-state index contributed by atoms with van der Waals surface area (Å²) in [6.45, 7) is 1.91. The lowest BCUT2D eigenvalue weighted by Gasteiger charge is -2.33. The first-order valence-corrected chi connectivity index (χ1v) is 10.0. The second-order valence-electron chi connectivity index (χ2n) is 8.08. The van der Waals surface area contributed by atoms with Crippen LogP contribution in [-0.4, -0.2) is 47.8 Å². The predicted molar refractivity (Wildman–Crippen MR) is 113 cm³/mol. The van der Waals surface area contributed by atoms with Crippen molar-refractivity contribution in [3.8, 4) is 11.1 Å². The van der Waals surface area contributed by atoms with E-state index in [2.05, 4.69) is 39.0 Å². The Morgan fingerprint density at radius 2 is 2.00 bits per heavy atom. The summed E-state index contributed by atoms with van der Waals surface area (Å²) in [6.07, 6.45) is 11.2. The van der Waals surface area contributed by atoms with Crippen molar-refractivity contribution < 1.29 is 5.11 Å². The Kier molecular flexibility index (Phi) is 4.16. The lowest BCUT2D eigenvalue weighted by Crippen LogP contribution is -2.36. The lowest BCUT2D eigenvalue weighted by molar-refractivity contribution is 0.0195. The van der Waals surface area contributed by atoms with Gasteiger partial charge in [-0.2, -0.15) is 4.98 Å². The second kappa shape index (κ2) is 6.73. The van der Waals surface area contributed by atoms with E-state index in [1.807, 2.05) is 41.3 Å². The summed E-state index contributed by atoms with van der Waals surface area (Å²) < 4.78 is 3.88. The molecule has 0 spiro atoms. The molecule has 0 bridgehead atoms. The third-order valence-corrected chi connectivity index (χ3v) is 5.84. The third kappa shape index (κ3) is 3.29. The maximum Gasteiger partial charge on any atom is 0.243 e. The monoisotopic (exact) mass is 391 g/mol. The number of imidazole rings is 1. The summed E-state index contributed by atoms with van der Waals surface area (Å²) in [5.41, 5.74) is 3.44. The molecule has 1 saturated carbocycles. The summed E-state index contributed by atoms with van der Waals surface area (Å²) in [6, 6.07) is 6.41. The van der Waals surface area contributed by atoms with E-state index >= 15 is 0 Å². The smallest absolute Gasteiger partial charge is 0.243 e. The van der Waals surface area contributed by atoms with E-state index < -0.39 is 5.60 Å². The van der Waals surface area contributed by atoms with Crippen LogP contribution >= 0.6 is 0 Å². The van der Waals surface area contributed by atoms with Gasteiger partial charge in [-0.05, 0) is 50.8 Å². The van der Waals surface area contributed by atoms with Crippen molar-refractivity contribution in [2.75, 3.05) is 17.7 Å². The van der Waals surface area contributed by atoms with Crippen LogP contribution in [0.1, 0.15) is 32.6 Å². The number of aliphatic hydroxyl groups is 1. The molecule has 4 heterocycles. The molecule has 8 nitrogen and oxygen atoms in total. The molecule has 1 aliphatic rings. The maximum atomic E-state index is 10.2. The average Bonchev–Trinajstić information content (AvgIpc) is 3.35. The highest BCUT2D eigenvalue weighted by Crippen LogP contribution is 2.32. The Bertz CT molecular complexity index is 1170. The maximum absolute atomic E-state index is 10.2. The van der Waals surface area contributed by atoms with Crippen molar-refractivity contribution in [1.29, 1.82) is 0 Å². The second-order valence-corrected chi connectivity index (χ2v) is 8.08. The molecule has 0 aliphatic heterocycles. The van der Waals surface area contributed by atoms with E-state index in [4.69, 9.17) is 4.98 Å². The summed E-state index contributed by atoms with van der Waals surface area (Å²) >= 11 is 0. The molecule has 0 aromatic carbocycles. The van der Waals surface area contributed by atoms with Crippen LogP contribution in [0.25, 0.3) is 22.3 Å². The van der Waals surface area contributed by atoms with Crippen molar-refractivity contribution in [3.63, 3.8) is 0 Å². The molecule has 4 aromatic heterocycles. The number of nitrogens with zero attached hydrogens (tertiary/aromatic N) is 5. The van der Waals surface area contributed by atoms with Crippen molar-refractivity contribution in [3.05, 3.63) is 43.0 Å². The molecular weight excluding hydrogens is 366 g/mol.